The zero-order chi connectivity index (χ0) is 21.3. The van der Waals surface area contributed by atoms with Gasteiger partial charge in [-0.1, -0.05) is 24.3 Å². The van der Waals surface area contributed by atoms with E-state index in [0.29, 0.717) is 43.4 Å². The number of H-pyrrole nitrogens is 1. The molecule has 4 rings (SSSR count). The number of nitrogens with one attached hydrogen (secondary N) is 1. The smallest absolute Gasteiger partial charge is 0.272 e. The van der Waals surface area contributed by atoms with Crippen molar-refractivity contribution in [3.63, 3.8) is 0 Å². The SMILES string of the molecule is COC1(C)CCN(C(=O)c2cc(Cc3n[nH]c(=O)c4ccccc34)ccc2F)CC1. The molecule has 1 saturated heterocycles. The van der Waals surface area contributed by atoms with Gasteiger partial charge in [0.15, 0.2) is 0 Å². The molecule has 1 N–H and O–H groups in total. The number of fused-ring (bicyclic) bond motifs is 1. The Morgan fingerprint density at radius 1 is 1.20 bits per heavy atom. The second-order valence-corrected chi connectivity index (χ2v) is 7.98. The maximum atomic E-state index is 14.5. The quantitative estimate of drug-likeness (QED) is 0.718. The summed E-state index contributed by atoms with van der Waals surface area (Å²) in [4.78, 5) is 26.6. The molecule has 0 saturated carbocycles. The molecule has 7 heteroatoms. The summed E-state index contributed by atoms with van der Waals surface area (Å²) in [5.74, 6) is -0.852. The summed E-state index contributed by atoms with van der Waals surface area (Å²) < 4.78 is 20.0. The number of aromatic nitrogens is 2. The number of aromatic amines is 1. The lowest BCUT2D eigenvalue weighted by Gasteiger charge is -2.38. The number of carbonyl (C=O) groups is 1. The molecule has 0 atom stereocenters. The highest BCUT2D eigenvalue weighted by atomic mass is 19.1. The highest BCUT2D eigenvalue weighted by Gasteiger charge is 2.32. The van der Waals surface area contributed by atoms with E-state index in [1.165, 1.54) is 6.07 Å². The van der Waals surface area contributed by atoms with Crippen molar-refractivity contribution in [1.82, 2.24) is 15.1 Å². The molecule has 0 aliphatic carbocycles. The first kappa shape index (κ1) is 20.2. The average Bonchev–Trinajstić information content (AvgIpc) is 2.77. The van der Waals surface area contributed by atoms with Crippen molar-refractivity contribution in [2.24, 2.45) is 0 Å². The van der Waals surface area contributed by atoms with Crippen molar-refractivity contribution in [3.05, 3.63) is 75.5 Å². The summed E-state index contributed by atoms with van der Waals surface area (Å²) in [6.07, 6.45) is 1.80. The molecular weight excluding hydrogens is 385 g/mol. The van der Waals surface area contributed by atoms with E-state index in [1.807, 2.05) is 19.1 Å². The first-order chi connectivity index (χ1) is 14.4. The third-order valence-corrected chi connectivity index (χ3v) is 6.01. The van der Waals surface area contributed by atoms with Gasteiger partial charge in [0.05, 0.1) is 22.2 Å². The number of hydrogen-bond acceptors (Lipinski definition) is 4. The standard InChI is InChI=1S/C23H24FN3O3/c1-23(30-2)9-11-27(12-10-23)22(29)18-13-15(7-8-19(18)24)14-20-16-5-3-4-6-17(16)21(28)26-25-20/h3-8,13H,9-12,14H2,1-2H3,(H,26,28). The molecule has 0 radical (unpaired) electrons. The molecule has 1 aliphatic rings. The average molecular weight is 409 g/mol. The van der Waals surface area contributed by atoms with E-state index in [9.17, 15) is 14.0 Å². The van der Waals surface area contributed by atoms with Crippen LogP contribution < -0.4 is 5.56 Å². The van der Waals surface area contributed by atoms with Crippen LogP contribution in [0.25, 0.3) is 10.8 Å². The summed E-state index contributed by atoms with van der Waals surface area (Å²) in [5, 5.41) is 7.98. The minimum atomic E-state index is -0.539. The van der Waals surface area contributed by atoms with Crippen molar-refractivity contribution in [3.8, 4) is 0 Å². The van der Waals surface area contributed by atoms with Crippen LogP contribution in [0.15, 0.2) is 47.3 Å². The van der Waals surface area contributed by atoms with Gasteiger partial charge in [-0.15, -0.1) is 0 Å². The van der Waals surface area contributed by atoms with Crippen LogP contribution in [0, 0.1) is 5.82 Å². The van der Waals surface area contributed by atoms with Crippen molar-refractivity contribution in [2.45, 2.75) is 31.8 Å². The van der Waals surface area contributed by atoms with Crippen LogP contribution in [0.4, 0.5) is 4.39 Å². The highest BCUT2D eigenvalue weighted by molar-refractivity contribution is 5.95. The first-order valence-corrected chi connectivity index (χ1v) is 9.99. The molecule has 1 aromatic heterocycles. The third-order valence-electron chi connectivity index (χ3n) is 6.01. The van der Waals surface area contributed by atoms with Crippen LogP contribution in [-0.2, 0) is 11.2 Å². The Labute approximate surface area is 173 Å². The van der Waals surface area contributed by atoms with E-state index >= 15 is 0 Å². The Balaban J connectivity index is 1.60. The number of methoxy groups -OCH3 is 1. The van der Waals surface area contributed by atoms with Crippen LogP contribution in [0.1, 0.15) is 41.4 Å². The van der Waals surface area contributed by atoms with E-state index < -0.39 is 5.82 Å². The van der Waals surface area contributed by atoms with E-state index in [4.69, 9.17) is 4.74 Å². The van der Waals surface area contributed by atoms with Gasteiger partial charge in [0.2, 0.25) is 0 Å². The minimum Gasteiger partial charge on any atom is -0.378 e. The molecule has 0 bridgehead atoms. The minimum absolute atomic E-state index is 0.0576. The molecule has 1 fully saturated rings. The fourth-order valence-corrected chi connectivity index (χ4v) is 3.90. The lowest BCUT2D eigenvalue weighted by atomic mass is 9.93. The highest BCUT2D eigenvalue weighted by Crippen LogP contribution is 2.27. The Hall–Kier alpha value is -3.06. The lowest BCUT2D eigenvalue weighted by molar-refractivity contribution is -0.0380. The molecule has 2 aromatic carbocycles. The van der Waals surface area contributed by atoms with E-state index in [2.05, 4.69) is 10.2 Å². The predicted octanol–water partition coefficient (Wildman–Crippen LogP) is 3.29. The van der Waals surface area contributed by atoms with E-state index in [0.717, 1.165) is 10.9 Å². The summed E-state index contributed by atoms with van der Waals surface area (Å²) in [6.45, 7) is 3.08. The zero-order valence-electron chi connectivity index (χ0n) is 17.1. The molecular formula is C23H24FN3O3. The fourth-order valence-electron chi connectivity index (χ4n) is 3.90. The summed E-state index contributed by atoms with van der Waals surface area (Å²) >= 11 is 0. The summed E-state index contributed by atoms with van der Waals surface area (Å²) in [5.41, 5.74) is 0.987. The van der Waals surface area contributed by atoms with Crippen molar-refractivity contribution in [2.75, 3.05) is 20.2 Å². The number of ether oxygens (including phenoxy) is 1. The van der Waals surface area contributed by atoms with Crippen LogP contribution >= 0.6 is 0 Å². The molecule has 156 valence electrons. The molecule has 1 aliphatic heterocycles. The maximum absolute atomic E-state index is 14.5. The lowest BCUT2D eigenvalue weighted by Crippen LogP contribution is -2.46. The number of likely N-dealkylation sites (tertiary alicyclic amines) is 1. The number of halogens is 1. The van der Waals surface area contributed by atoms with Gasteiger partial charge in [-0.2, -0.15) is 5.10 Å². The summed E-state index contributed by atoms with van der Waals surface area (Å²) in [6, 6.07) is 11.8. The van der Waals surface area contributed by atoms with Crippen LogP contribution in [-0.4, -0.2) is 46.8 Å². The number of carbonyl (C=O) groups excluding carboxylic acids is 1. The van der Waals surface area contributed by atoms with Crippen LogP contribution in [0.5, 0.6) is 0 Å². The van der Waals surface area contributed by atoms with Gasteiger partial charge >= 0.3 is 0 Å². The summed E-state index contributed by atoms with van der Waals surface area (Å²) in [7, 11) is 1.68. The molecule has 0 spiro atoms. The monoisotopic (exact) mass is 409 g/mol. The second-order valence-electron chi connectivity index (χ2n) is 7.98. The predicted molar refractivity (Wildman–Crippen MR) is 112 cm³/mol. The van der Waals surface area contributed by atoms with Crippen molar-refractivity contribution in [1.29, 1.82) is 0 Å². The molecule has 1 amide bonds. The van der Waals surface area contributed by atoms with Crippen molar-refractivity contribution >= 4 is 16.7 Å². The normalized spacial score (nSPS) is 16.0. The van der Waals surface area contributed by atoms with Gasteiger partial charge in [-0.3, -0.25) is 9.59 Å². The Morgan fingerprint density at radius 2 is 1.90 bits per heavy atom. The van der Waals surface area contributed by atoms with Crippen molar-refractivity contribution < 1.29 is 13.9 Å². The Bertz CT molecular complexity index is 1150. The number of nitrogens with zero attached hydrogens (tertiary/aromatic N) is 2. The number of benzene rings is 2. The number of amides is 1. The Morgan fingerprint density at radius 3 is 2.60 bits per heavy atom. The van der Waals surface area contributed by atoms with Gasteiger partial charge in [-0.05, 0) is 43.5 Å². The first-order valence-electron chi connectivity index (χ1n) is 9.99. The van der Waals surface area contributed by atoms with Crippen LogP contribution in [0.2, 0.25) is 0 Å². The third kappa shape index (κ3) is 3.85. The number of rotatable bonds is 4. The number of hydrogen-bond donors (Lipinski definition) is 1. The Kier molecular flexibility index (Phi) is 5.39. The molecule has 0 unspecified atom stereocenters. The largest absolute Gasteiger partial charge is 0.378 e. The van der Waals surface area contributed by atoms with E-state index in [-0.39, 0.29) is 22.6 Å². The van der Waals surface area contributed by atoms with Crippen LogP contribution in [0.3, 0.4) is 0 Å². The molecule has 6 nitrogen and oxygen atoms in total. The van der Waals surface area contributed by atoms with Gasteiger partial charge in [0.1, 0.15) is 5.82 Å². The topological polar surface area (TPSA) is 75.3 Å². The van der Waals surface area contributed by atoms with Gasteiger partial charge in [-0.25, -0.2) is 9.49 Å². The zero-order valence-corrected chi connectivity index (χ0v) is 17.1. The van der Waals surface area contributed by atoms with Gasteiger partial charge in [0, 0.05) is 32.0 Å². The molecule has 2 heterocycles. The maximum Gasteiger partial charge on any atom is 0.272 e. The van der Waals surface area contributed by atoms with E-state index in [1.54, 1.807) is 36.3 Å². The molecule has 30 heavy (non-hydrogen) atoms. The number of piperidine rings is 1. The van der Waals surface area contributed by atoms with Gasteiger partial charge < -0.3 is 9.64 Å². The second kappa shape index (κ2) is 7.99. The molecule has 3 aromatic rings. The fraction of sp³-hybridized carbons (Fsp3) is 0.348. The van der Waals surface area contributed by atoms with Gasteiger partial charge in [0.25, 0.3) is 11.5 Å².